The molecule has 0 aliphatic heterocycles. The molecule has 0 aliphatic carbocycles. The van der Waals surface area contributed by atoms with Gasteiger partial charge in [0, 0.05) is 50.4 Å². The van der Waals surface area contributed by atoms with Gasteiger partial charge in [-0.15, -0.1) is 0 Å². The maximum absolute atomic E-state index is 13.8. The summed E-state index contributed by atoms with van der Waals surface area (Å²) in [6, 6.07) is 14.7. The second-order valence-electron chi connectivity index (χ2n) is 10.7. The van der Waals surface area contributed by atoms with Crippen molar-refractivity contribution in [3.8, 4) is 6.07 Å². The predicted octanol–water partition coefficient (Wildman–Crippen LogP) is 4.23. The fraction of sp³-hybridized carbons (Fsp3) is 0.419. The molecule has 0 spiro atoms. The number of carbonyl (C=O) groups is 1. The summed E-state index contributed by atoms with van der Waals surface area (Å²) in [7, 11) is 3.91. The lowest BCUT2D eigenvalue weighted by atomic mass is 9.95. The predicted molar refractivity (Wildman–Crippen MR) is 164 cm³/mol. The molecule has 0 radical (unpaired) electrons. The first-order chi connectivity index (χ1) is 20.5. The van der Waals surface area contributed by atoms with Crippen LogP contribution in [-0.2, 0) is 30.5 Å². The first kappa shape index (κ1) is 33.7. The number of rotatable bonds is 15. The highest BCUT2D eigenvalue weighted by Crippen LogP contribution is 2.32. The van der Waals surface area contributed by atoms with Gasteiger partial charge in [-0.1, -0.05) is 30.3 Å². The van der Waals surface area contributed by atoms with E-state index in [1.165, 1.54) is 12.1 Å². The monoisotopic (exact) mass is 613 g/mol. The van der Waals surface area contributed by atoms with Crippen LogP contribution in [0.5, 0.6) is 0 Å². The van der Waals surface area contributed by atoms with Gasteiger partial charge in [0.15, 0.2) is 5.11 Å². The number of thiocarbonyl (C=S) groups is 1. The van der Waals surface area contributed by atoms with E-state index >= 15 is 0 Å². The maximum atomic E-state index is 13.8. The van der Waals surface area contributed by atoms with Crippen molar-refractivity contribution >= 4 is 23.1 Å². The molecule has 3 aromatic rings. The molecular weight excluding hydrogens is 575 g/mol. The van der Waals surface area contributed by atoms with Gasteiger partial charge < -0.3 is 25.4 Å². The molecule has 1 atom stereocenters. The van der Waals surface area contributed by atoms with Gasteiger partial charge in [0.05, 0.1) is 23.5 Å². The Morgan fingerprint density at radius 2 is 1.91 bits per heavy atom. The molecule has 0 aliphatic rings. The lowest BCUT2D eigenvalue weighted by molar-refractivity contribution is -0.138. The minimum Gasteiger partial charge on any atom is -0.363 e. The zero-order chi connectivity index (χ0) is 31.4. The number of aromatic nitrogens is 2. The summed E-state index contributed by atoms with van der Waals surface area (Å²) in [5.74, 6) is -0.667. The Kier molecular flexibility index (Phi) is 12.7. The third kappa shape index (κ3) is 10.5. The first-order valence-electron chi connectivity index (χ1n) is 14.0. The molecule has 1 heterocycles. The Labute approximate surface area is 256 Å². The first-order valence-corrected chi connectivity index (χ1v) is 14.5. The average molecular weight is 614 g/mol. The molecule has 230 valence electrons. The number of Topliss-reactive ketones (excluding diaryl/α,β-unsaturated/α-hetero) is 1. The molecule has 8 nitrogen and oxygen atoms in total. The van der Waals surface area contributed by atoms with Crippen LogP contribution in [0.2, 0.25) is 0 Å². The highest BCUT2D eigenvalue weighted by molar-refractivity contribution is 7.80. The van der Waals surface area contributed by atoms with E-state index in [1.807, 2.05) is 35.7 Å². The van der Waals surface area contributed by atoms with Crippen LogP contribution in [0.3, 0.4) is 0 Å². The molecular formula is C31H38F3N7OS. The quantitative estimate of drug-likeness (QED) is 0.194. The number of halogens is 3. The average Bonchev–Trinajstić information content (AvgIpc) is 3.40. The number of benzene rings is 2. The van der Waals surface area contributed by atoms with Crippen LogP contribution in [0.4, 0.5) is 13.2 Å². The number of nitrogens with zero attached hydrogens (tertiary/aromatic N) is 5. The van der Waals surface area contributed by atoms with Gasteiger partial charge in [-0.25, -0.2) is 4.98 Å². The molecule has 0 fully saturated rings. The molecule has 0 amide bonds. The van der Waals surface area contributed by atoms with Crippen molar-refractivity contribution in [2.45, 2.75) is 38.5 Å². The minimum absolute atomic E-state index is 0.0758. The number of alkyl halides is 3. The molecule has 0 saturated carbocycles. The highest BCUT2D eigenvalue weighted by atomic mass is 32.1. The number of carbonyl (C=O) groups excluding carboxylic acids is 1. The van der Waals surface area contributed by atoms with Crippen molar-refractivity contribution in [3.05, 3.63) is 89.0 Å². The summed E-state index contributed by atoms with van der Waals surface area (Å²) in [6.45, 7) is 2.06. The van der Waals surface area contributed by atoms with Gasteiger partial charge >= 0.3 is 6.18 Å². The largest absolute Gasteiger partial charge is 0.416 e. The Bertz CT molecular complexity index is 1380. The molecule has 3 N–H and O–H groups in total. The molecule has 0 bridgehead atoms. The molecule has 43 heavy (non-hydrogen) atoms. The van der Waals surface area contributed by atoms with E-state index in [-0.39, 0.29) is 42.5 Å². The number of nitriles is 1. The molecule has 0 saturated heterocycles. The number of nitrogens with one attached hydrogen (secondary N) is 1. The van der Waals surface area contributed by atoms with Crippen molar-refractivity contribution < 1.29 is 18.0 Å². The van der Waals surface area contributed by atoms with Crippen LogP contribution in [0.25, 0.3) is 0 Å². The van der Waals surface area contributed by atoms with Crippen LogP contribution in [-0.4, -0.2) is 70.5 Å². The number of nitrogens with two attached hydrogens (primary N) is 1. The van der Waals surface area contributed by atoms with Gasteiger partial charge in [-0.3, -0.25) is 4.79 Å². The maximum Gasteiger partial charge on any atom is 0.416 e. The van der Waals surface area contributed by atoms with Gasteiger partial charge in [-0.05, 0) is 81.6 Å². The van der Waals surface area contributed by atoms with E-state index in [9.17, 15) is 18.0 Å². The standard InChI is InChI=1S/C31H38F3N7OS/c1-39(2)15-5-14-38-30(43)40(20-25-6-3-4-7-28(25)31(32,33)34)21-26(12-13-35)29(42)16-27-18-37-22-41(27)19-24-10-8-23(17-36)9-11-24/h3-4,6-11,18,22,26H,5,12-16,19-21,35H2,1-2H3,(H,38,43)/t26-/m0/s1. The summed E-state index contributed by atoms with van der Waals surface area (Å²) in [5, 5.41) is 12.5. The van der Waals surface area contributed by atoms with Crippen molar-refractivity contribution in [3.63, 3.8) is 0 Å². The highest BCUT2D eigenvalue weighted by Gasteiger charge is 2.34. The van der Waals surface area contributed by atoms with E-state index in [2.05, 4.69) is 16.4 Å². The van der Waals surface area contributed by atoms with E-state index in [0.717, 1.165) is 24.6 Å². The molecule has 1 aromatic heterocycles. The van der Waals surface area contributed by atoms with Crippen molar-refractivity contribution in [2.24, 2.45) is 11.7 Å². The van der Waals surface area contributed by atoms with Crippen LogP contribution in [0, 0.1) is 17.2 Å². The summed E-state index contributed by atoms with van der Waals surface area (Å²) >= 11 is 5.65. The summed E-state index contributed by atoms with van der Waals surface area (Å²) in [6.07, 6.45) is -0.0290. The summed E-state index contributed by atoms with van der Waals surface area (Å²) < 4.78 is 43.3. The van der Waals surface area contributed by atoms with Crippen LogP contribution in [0.15, 0.2) is 61.1 Å². The summed E-state index contributed by atoms with van der Waals surface area (Å²) in [5.41, 5.74) is 7.45. The number of imidazole rings is 1. The Morgan fingerprint density at radius 1 is 1.19 bits per heavy atom. The number of ketones is 1. The van der Waals surface area contributed by atoms with Crippen LogP contribution in [0.1, 0.15) is 40.8 Å². The van der Waals surface area contributed by atoms with Crippen LogP contribution < -0.4 is 11.1 Å². The van der Waals surface area contributed by atoms with Gasteiger partial charge in [0.25, 0.3) is 0 Å². The fourth-order valence-corrected chi connectivity index (χ4v) is 4.97. The zero-order valence-electron chi connectivity index (χ0n) is 24.5. The van der Waals surface area contributed by atoms with Crippen molar-refractivity contribution in [1.29, 1.82) is 5.26 Å². The minimum atomic E-state index is -4.52. The number of hydrogen-bond acceptors (Lipinski definition) is 6. The van der Waals surface area contributed by atoms with Crippen molar-refractivity contribution in [2.75, 3.05) is 40.3 Å². The lowest BCUT2D eigenvalue weighted by Gasteiger charge is -2.30. The third-order valence-electron chi connectivity index (χ3n) is 7.03. The lowest BCUT2D eigenvalue weighted by Crippen LogP contribution is -2.44. The third-order valence-corrected chi connectivity index (χ3v) is 7.43. The van der Waals surface area contributed by atoms with Gasteiger partial charge in [0.2, 0.25) is 0 Å². The molecule has 3 rings (SSSR count). The normalized spacial score (nSPS) is 12.1. The van der Waals surface area contributed by atoms with E-state index < -0.39 is 17.7 Å². The smallest absolute Gasteiger partial charge is 0.363 e. The van der Waals surface area contributed by atoms with Gasteiger partial charge in [0.1, 0.15) is 5.78 Å². The van der Waals surface area contributed by atoms with E-state index in [1.54, 1.807) is 35.6 Å². The van der Waals surface area contributed by atoms with Crippen molar-refractivity contribution in [1.82, 2.24) is 24.7 Å². The second-order valence-corrected chi connectivity index (χ2v) is 11.0. The van der Waals surface area contributed by atoms with E-state index in [0.29, 0.717) is 30.8 Å². The SMILES string of the molecule is CN(C)CCCNC(=S)N(Cc1ccccc1C(F)(F)F)C[C@H](CCN)C(=O)Cc1cncn1Cc1ccc(C#N)cc1. The second kappa shape index (κ2) is 16.2. The Balaban J connectivity index is 1.79. The summed E-state index contributed by atoms with van der Waals surface area (Å²) in [4.78, 5) is 21.5. The molecule has 2 aromatic carbocycles. The topological polar surface area (TPSA) is 103 Å². The number of hydrogen-bond donors (Lipinski definition) is 2. The molecule has 12 heteroatoms. The van der Waals surface area contributed by atoms with E-state index in [4.69, 9.17) is 23.2 Å². The van der Waals surface area contributed by atoms with Crippen LogP contribution >= 0.6 is 12.2 Å². The van der Waals surface area contributed by atoms with Gasteiger partial charge in [-0.2, -0.15) is 18.4 Å². The zero-order valence-corrected chi connectivity index (χ0v) is 25.3. The fourth-order valence-electron chi connectivity index (χ4n) is 4.73. The Hall–Kier alpha value is -3.79. The Morgan fingerprint density at radius 3 is 2.56 bits per heavy atom. The molecule has 0 unspecified atom stereocenters.